The number of aryl methyl sites for hydroxylation is 1. The molecular formula is C14H15BrClNO3. The highest BCUT2D eigenvalue weighted by atomic mass is 79.9. The summed E-state index contributed by atoms with van der Waals surface area (Å²) in [4.78, 5) is 25.1. The molecule has 1 atom stereocenters. The van der Waals surface area contributed by atoms with Crippen LogP contribution in [-0.4, -0.2) is 35.0 Å². The van der Waals surface area contributed by atoms with E-state index < -0.39 is 11.9 Å². The number of carboxylic acid groups (broad SMARTS) is 1. The fourth-order valence-corrected chi connectivity index (χ4v) is 2.89. The summed E-state index contributed by atoms with van der Waals surface area (Å²) < 4.78 is 0.776. The minimum Gasteiger partial charge on any atom is -0.481 e. The van der Waals surface area contributed by atoms with Crippen molar-refractivity contribution in [3.8, 4) is 0 Å². The summed E-state index contributed by atoms with van der Waals surface area (Å²) >= 11 is 9.42. The Labute approximate surface area is 130 Å². The third-order valence-corrected chi connectivity index (χ3v) is 5.09. The predicted molar refractivity (Wildman–Crippen MR) is 80.2 cm³/mol. The van der Waals surface area contributed by atoms with E-state index in [-0.39, 0.29) is 12.5 Å². The first-order valence-electron chi connectivity index (χ1n) is 6.38. The van der Waals surface area contributed by atoms with E-state index in [2.05, 4.69) is 15.9 Å². The standard InChI is InChI=1S/C14H15BrClNO3/c1-8-5-10(6-11(16)12(8)15)13(18)17-4-2-3-9(7-17)14(19)20/h5-6,9H,2-4,7H2,1H3,(H,19,20). The van der Waals surface area contributed by atoms with Gasteiger partial charge in [0.15, 0.2) is 0 Å². The molecule has 1 heterocycles. The normalized spacial score (nSPS) is 18.9. The van der Waals surface area contributed by atoms with Crippen LogP contribution in [-0.2, 0) is 4.79 Å². The maximum atomic E-state index is 12.4. The first kappa shape index (κ1) is 15.3. The van der Waals surface area contributed by atoms with Gasteiger partial charge in [0.2, 0.25) is 0 Å². The number of amides is 1. The zero-order valence-corrected chi connectivity index (χ0v) is 13.4. The van der Waals surface area contributed by atoms with Crippen molar-refractivity contribution in [1.29, 1.82) is 0 Å². The number of carboxylic acids is 1. The molecule has 0 aliphatic carbocycles. The lowest BCUT2D eigenvalue weighted by Gasteiger charge is -2.31. The van der Waals surface area contributed by atoms with Gasteiger partial charge in [-0.05, 0) is 53.4 Å². The van der Waals surface area contributed by atoms with Gasteiger partial charge in [0.1, 0.15) is 0 Å². The number of carbonyl (C=O) groups is 2. The quantitative estimate of drug-likeness (QED) is 0.880. The number of hydrogen-bond acceptors (Lipinski definition) is 2. The van der Waals surface area contributed by atoms with Gasteiger partial charge in [-0.3, -0.25) is 9.59 Å². The van der Waals surface area contributed by atoms with Gasteiger partial charge in [0.25, 0.3) is 5.91 Å². The van der Waals surface area contributed by atoms with Crippen LogP contribution in [0.4, 0.5) is 0 Å². The second-order valence-electron chi connectivity index (χ2n) is 5.02. The molecule has 0 aromatic heterocycles. The highest BCUT2D eigenvalue weighted by molar-refractivity contribution is 9.10. The van der Waals surface area contributed by atoms with Crippen LogP contribution >= 0.6 is 27.5 Å². The van der Waals surface area contributed by atoms with E-state index in [1.165, 1.54) is 0 Å². The molecule has 0 radical (unpaired) electrons. The Kier molecular flexibility index (Phi) is 4.70. The average molecular weight is 361 g/mol. The predicted octanol–water partition coefficient (Wildman–Crippen LogP) is 3.35. The minimum atomic E-state index is -0.840. The van der Waals surface area contributed by atoms with E-state index in [9.17, 15) is 9.59 Å². The van der Waals surface area contributed by atoms with E-state index in [1.807, 2.05) is 6.92 Å². The van der Waals surface area contributed by atoms with Gasteiger partial charge in [-0.1, -0.05) is 11.6 Å². The molecule has 108 valence electrons. The van der Waals surface area contributed by atoms with Gasteiger partial charge in [0.05, 0.1) is 10.9 Å². The Morgan fingerprint density at radius 3 is 2.75 bits per heavy atom. The number of piperidine rings is 1. The van der Waals surface area contributed by atoms with Crippen LogP contribution in [0.25, 0.3) is 0 Å². The zero-order valence-electron chi connectivity index (χ0n) is 11.0. The highest BCUT2D eigenvalue weighted by Crippen LogP contribution is 2.28. The number of aliphatic carboxylic acids is 1. The van der Waals surface area contributed by atoms with Crippen LogP contribution in [0, 0.1) is 12.8 Å². The molecular weight excluding hydrogens is 346 g/mol. The van der Waals surface area contributed by atoms with E-state index in [0.717, 1.165) is 10.0 Å². The molecule has 1 unspecified atom stereocenters. The zero-order chi connectivity index (χ0) is 14.9. The number of rotatable bonds is 2. The Bertz CT molecular complexity index is 538. The lowest BCUT2D eigenvalue weighted by atomic mass is 9.97. The Hall–Kier alpha value is -1.07. The average Bonchev–Trinajstić information content (AvgIpc) is 2.43. The first-order valence-corrected chi connectivity index (χ1v) is 7.55. The van der Waals surface area contributed by atoms with Gasteiger partial charge >= 0.3 is 5.97 Å². The molecule has 0 saturated carbocycles. The number of halogens is 2. The maximum Gasteiger partial charge on any atom is 0.308 e. The molecule has 1 fully saturated rings. The summed E-state index contributed by atoms with van der Waals surface area (Å²) in [6.45, 7) is 2.72. The van der Waals surface area contributed by atoms with Crippen molar-refractivity contribution in [1.82, 2.24) is 4.90 Å². The van der Waals surface area contributed by atoms with Crippen molar-refractivity contribution in [3.05, 3.63) is 32.8 Å². The third-order valence-electron chi connectivity index (χ3n) is 3.51. The van der Waals surface area contributed by atoms with Gasteiger partial charge < -0.3 is 10.0 Å². The second kappa shape index (κ2) is 6.14. The van der Waals surface area contributed by atoms with Gasteiger partial charge in [-0.15, -0.1) is 0 Å². The third kappa shape index (κ3) is 3.15. The van der Waals surface area contributed by atoms with Crippen molar-refractivity contribution in [2.75, 3.05) is 13.1 Å². The SMILES string of the molecule is Cc1cc(C(=O)N2CCCC(C(=O)O)C2)cc(Cl)c1Br. The lowest BCUT2D eigenvalue weighted by molar-refractivity contribution is -0.143. The summed E-state index contributed by atoms with van der Waals surface area (Å²) in [5, 5.41) is 9.55. The second-order valence-corrected chi connectivity index (χ2v) is 6.22. The van der Waals surface area contributed by atoms with Crippen molar-refractivity contribution >= 4 is 39.4 Å². The summed E-state index contributed by atoms with van der Waals surface area (Å²) in [6.07, 6.45) is 1.34. The molecule has 6 heteroatoms. The van der Waals surface area contributed by atoms with Crippen LogP contribution in [0.15, 0.2) is 16.6 Å². The molecule has 1 amide bonds. The molecule has 1 aromatic carbocycles. The van der Waals surface area contributed by atoms with Crippen LogP contribution < -0.4 is 0 Å². The number of benzene rings is 1. The summed E-state index contributed by atoms with van der Waals surface area (Å²) in [6, 6.07) is 3.38. The van der Waals surface area contributed by atoms with Crippen LogP contribution in [0.2, 0.25) is 5.02 Å². The van der Waals surface area contributed by atoms with Crippen LogP contribution in [0.3, 0.4) is 0 Å². The minimum absolute atomic E-state index is 0.159. The molecule has 2 rings (SSSR count). The molecule has 1 aliphatic heterocycles. The highest BCUT2D eigenvalue weighted by Gasteiger charge is 2.28. The van der Waals surface area contributed by atoms with Gasteiger partial charge in [-0.25, -0.2) is 0 Å². The van der Waals surface area contributed by atoms with Crippen molar-refractivity contribution in [3.63, 3.8) is 0 Å². The summed E-state index contributed by atoms with van der Waals surface area (Å²) in [5.41, 5.74) is 1.38. The van der Waals surface area contributed by atoms with E-state index in [4.69, 9.17) is 16.7 Å². The Morgan fingerprint density at radius 2 is 2.15 bits per heavy atom. The molecule has 0 spiro atoms. The maximum absolute atomic E-state index is 12.4. The Balaban J connectivity index is 2.21. The van der Waals surface area contributed by atoms with Crippen molar-refractivity contribution < 1.29 is 14.7 Å². The van der Waals surface area contributed by atoms with E-state index >= 15 is 0 Å². The smallest absolute Gasteiger partial charge is 0.308 e. The molecule has 4 nitrogen and oxygen atoms in total. The molecule has 1 saturated heterocycles. The number of carbonyl (C=O) groups excluding carboxylic acids is 1. The monoisotopic (exact) mass is 359 g/mol. The number of nitrogens with zero attached hydrogens (tertiary/aromatic N) is 1. The number of hydrogen-bond donors (Lipinski definition) is 1. The topological polar surface area (TPSA) is 57.6 Å². The summed E-state index contributed by atoms with van der Waals surface area (Å²) in [7, 11) is 0. The largest absolute Gasteiger partial charge is 0.481 e. The van der Waals surface area contributed by atoms with Crippen molar-refractivity contribution in [2.24, 2.45) is 5.92 Å². The van der Waals surface area contributed by atoms with Gasteiger partial charge in [0, 0.05) is 23.1 Å². The van der Waals surface area contributed by atoms with Crippen molar-refractivity contribution in [2.45, 2.75) is 19.8 Å². The van der Waals surface area contributed by atoms with E-state index in [0.29, 0.717) is 30.0 Å². The first-order chi connectivity index (χ1) is 9.40. The van der Waals surface area contributed by atoms with Gasteiger partial charge in [-0.2, -0.15) is 0 Å². The fourth-order valence-electron chi connectivity index (χ4n) is 2.40. The van der Waals surface area contributed by atoms with Crippen LogP contribution in [0.1, 0.15) is 28.8 Å². The molecule has 20 heavy (non-hydrogen) atoms. The lowest BCUT2D eigenvalue weighted by Crippen LogP contribution is -2.42. The Morgan fingerprint density at radius 1 is 1.45 bits per heavy atom. The molecule has 0 bridgehead atoms. The van der Waals surface area contributed by atoms with E-state index in [1.54, 1.807) is 17.0 Å². The van der Waals surface area contributed by atoms with Crippen LogP contribution in [0.5, 0.6) is 0 Å². The fraction of sp³-hybridized carbons (Fsp3) is 0.429. The number of likely N-dealkylation sites (tertiary alicyclic amines) is 1. The molecule has 1 N–H and O–H groups in total. The molecule has 1 aliphatic rings. The molecule has 1 aromatic rings. The summed E-state index contributed by atoms with van der Waals surface area (Å²) in [5.74, 6) is -1.47.